The van der Waals surface area contributed by atoms with Crippen LogP contribution >= 0.6 is 15.9 Å². The molecule has 5 nitrogen and oxygen atoms in total. The van der Waals surface area contributed by atoms with Crippen LogP contribution in [0.4, 0.5) is 0 Å². The van der Waals surface area contributed by atoms with Gasteiger partial charge in [-0.1, -0.05) is 84.9 Å². The van der Waals surface area contributed by atoms with E-state index in [9.17, 15) is 9.59 Å². The number of carbonyl (C=O) groups excluding carboxylic acids is 2. The van der Waals surface area contributed by atoms with Crippen LogP contribution in [-0.2, 0) is 10.2 Å². The molecule has 0 bridgehead atoms. The molecule has 36 heavy (non-hydrogen) atoms. The van der Waals surface area contributed by atoms with Gasteiger partial charge >= 0.3 is 5.97 Å². The highest BCUT2D eigenvalue weighted by Gasteiger charge is 2.60. The minimum Gasteiger partial charge on any atom is -0.423 e. The SMILES string of the molecule is O=C(Oc1cccc(/C=N\NC(=O)[C@@H]2CC2(c2ccccc2)c2ccccc2)c1)c1ccccc1Br. The minimum atomic E-state index is -0.461. The molecular weight excluding hydrogens is 516 g/mol. The van der Waals surface area contributed by atoms with Crippen LogP contribution in [0.2, 0.25) is 0 Å². The number of nitrogens with one attached hydrogen (secondary N) is 1. The number of esters is 1. The van der Waals surface area contributed by atoms with Crippen LogP contribution in [0.5, 0.6) is 5.75 Å². The summed E-state index contributed by atoms with van der Waals surface area (Å²) in [6, 6.07) is 34.3. The van der Waals surface area contributed by atoms with Crippen molar-refractivity contribution in [3.8, 4) is 5.75 Å². The summed E-state index contributed by atoms with van der Waals surface area (Å²) in [5.41, 5.74) is 5.74. The predicted octanol–water partition coefficient (Wildman–Crippen LogP) is 6.12. The molecule has 1 amide bonds. The van der Waals surface area contributed by atoms with E-state index in [1.807, 2.05) is 48.5 Å². The van der Waals surface area contributed by atoms with E-state index in [1.54, 1.807) is 42.6 Å². The smallest absolute Gasteiger partial charge is 0.344 e. The van der Waals surface area contributed by atoms with Gasteiger partial charge in [0.2, 0.25) is 5.91 Å². The van der Waals surface area contributed by atoms with Crippen LogP contribution in [0.1, 0.15) is 33.5 Å². The molecule has 0 spiro atoms. The Morgan fingerprint density at radius 3 is 2.17 bits per heavy atom. The molecule has 1 saturated carbocycles. The lowest BCUT2D eigenvalue weighted by molar-refractivity contribution is -0.122. The van der Waals surface area contributed by atoms with Crippen molar-refractivity contribution in [3.05, 3.63) is 136 Å². The van der Waals surface area contributed by atoms with Crippen molar-refractivity contribution in [1.82, 2.24) is 5.43 Å². The highest BCUT2D eigenvalue weighted by atomic mass is 79.9. The van der Waals surface area contributed by atoms with E-state index in [0.717, 1.165) is 17.5 Å². The van der Waals surface area contributed by atoms with Crippen molar-refractivity contribution in [2.24, 2.45) is 11.0 Å². The number of rotatable bonds is 7. The summed E-state index contributed by atoms with van der Waals surface area (Å²) in [6.45, 7) is 0. The van der Waals surface area contributed by atoms with E-state index >= 15 is 0 Å². The molecule has 1 atom stereocenters. The third-order valence-electron chi connectivity index (χ3n) is 6.41. The molecule has 178 valence electrons. The Kier molecular flexibility index (Phi) is 6.78. The van der Waals surface area contributed by atoms with Gasteiger partial charge in [-0.25, -0.2) is 10.2 Å². The Hall–Kier alpha value is -4.03. The van der Waals surface area contributed by atoms with Gasteiger partial charge in [0.1, 0.15) is 5.75 Å². The minimum absolute atomic E-state index is 0.129. The van der Waals surface area contributed by atoms with Crippen LogP contribution in [0.15, 0.2) is 119 Å². The van der Waals surface area contributed by atoms with Crippen LogP contribution in [0.3, 0.4) is 0 Å². The van der Waals surface area contributed by atoms with E-state index < -0.39 is 5.97 Å². The summed E-state index contributed by atoms with van der Waals surface area (Å²) < 4.78 is 6.17. The molecule has 0 radical (unpaired) electrons. The molecule has 1 N–H and O–H groups in total. The molecule has 5 rings (SSSR count). The summed E-state index contributed by atoms with van der Waals surface area (Å²) in [5, 5.41) is 4.18. The number of hydrogen-bond donors (Lipinski definition) is 1. The number of hydrogen-bond acceptors (Lipinski definition) is 4. The number of halogens is 1. The number of amides is 1. The topological polar surface area (TPSA) is 67.8 Å². The molecule has 0 heterocycles. The van der Waals surface area contributed by atoms with Gasteiger partial charge in [-0.15, -0.1) is 0 Å². The summed E-state index contributed by atoms with van der Waals surface area (Å²) in [7, 11) is 0. The van der Waals surface area contributed by atoms with E-state index in [-0.39, 0.29) is 17.2 Å². The zero-order valence-corrected chi connectivity index (χ0v) is 20.9. The van der Waals surface area contributed by atoms with E-state index in [2.05, 4.69) is 50.7 Å². The molecule has 0 unspecified atom stereocenters. The third-order valence-corrected chi connectivity index (χ3v) is 7.10. The first kappa shape index (κ1) is 23.7. The van der Waals surface area contributed by atoms with Crippen molar-refractivity contribution in [3.63, 3.8) is 0 Å². The number of ether oxygens (including phenoxy) is 1. The summed E-state index contributed by atoms with van der Waals surface area (Å²) in [6.07, 6.45) is 2.27. The molecule has 1 fully saturated rings. The predicted molar refractivity (Wildman–Crippen MR) is 143 cm³/mol. The monoisotopic (exact) mass is 538 g/mol. The number of benzene rings is 4. The highest BCUT2D eigenvalue weighted by Crippen LogP contribution is 2.58. The molecule has 0 saturated heterocycles. The normalized spacial score (nSPS) is 15.9. The van der Waals surface area contributed by atoms with Gasteiger partial charge in [-0.2, -0.15) is 5.10 Å². The molecule has 4 aromatic rings. The molecule has 0 aliphatic heterocycles. The van der Waals surface area contributed by atoms with Gasteiger partial charge < -0.3 is 4.74 Å². The zero-order chi connectivity index (χ0) is 25.0. The van der Waals surface area contributed by atoms with E-state index in [0.29, 0.717) is 21.3 Å². The molecule has 0 aromatic heterocycles. The van der Waals surface area contributed by atoms with Crippen molar-refractivity contribution in [2.45, 2.75) is 11.8 Å². The lowest BCUT2D eigenvalue weighted by Gasteiger charge is -2.18. The quantitative estimate of drug-likeness (QED) is 0.133. The maximum atomic E-state index is 13.1. The van der Waals surface area contributed by atoms with Gasteiger partial charge in [0, 0.05) is 9.89 Å². The Balaban J connectivity index is 1.26. The lowest BCUT2D eigenvalue weighted by Crippen LogP contribution is -2.25. The average Bonchev–Trinajstić information content (AvgIpc) is 3.67. The maximum absolute atomic E-state index is 13.1. The Labute approximate surface area is 218 Å². The van der Waals surface area contributed by atoms with Crippen molar-refractivity contribution < 1.29 is 14.3 Å². The fraction of sp³-hybridized carbons (Fsp3) is 0.100. The van der Waals surface area contributed by atoms with Gasteiger partial charge in [0.15, 0.2) is 0 Å². The maximum Gasteiger partial charge on any atom is 0.344 e. The van der Waals surface area contributed by atoms with Gasteiger partial charge in [0.25, 0.3) is 0 Å². The van der Waals surface area contributed by atoms with Crippen LogP contribution in [-0.4, -0.2) is 18.1 Å². The van der Waals surface area contributed by atoms with Gasteiger partial charge in [0.05, 0.1) is 17.7 Å². The second-order valence-corrected chi connectivity index (χ2v) is 9.49. The Bertz CT molecular complexity index is 1380. The van der Waals surface area contributed by atoms with Gasteiger partial charge in [-0.3, -0.25) is 4.79 Å². The highest BCUT2D eigenvalue weighted by molar-refractivity contribution is 9.10. The molecule has 1 aliphatic rings. The van der Waals surface area contributed by atoms with Crippen LogP contribution < -0.4 is 10.2 Å². The van der Waals surface area contributed by atoms with Crippen LogP contribution in [0, 0.1) is 5.92 Å². The second kappa shape index (κ2) is 10.3. The van der Waals surface area contributed by atoms with Crippen LogP contribution in [0.25, 0.3) is 0 Å². The molecule has 1 aliphatic carbocycles. The molecule has 4 aromatic carbocycles. The van der Waals surface area contributed by atoms with Gasteiger partial charge in [-0.05, 0) is 63.3 Å². The lowest BCUT2D eigenvalue weighted by atomic mass is 9.85. The largest absolute Gasteiger partial charge is 0.423 e. The average molecular weight is 539 g/mol. The Morgan fingerprint density at radius 1 is 0.861 bits per heavy atom. The first-order valence-electron chi connectivity index (χ1n) is 11.6. The van der Waals surface area contributed by atoms with Crippen molar-refractivity contribution >= 4 is 34.0 Å². The molecule has 6 heteroatoms. The van der Waals surface area contributed by atoms with Crippen molar-refractivity contribution in [1.29, 1.82) is 0 Å². The van der Waals surface area contributed by atoms with E-state index in [4.69, 9.17) is 4.74 Å². The number of hydrazone groups is 1. The summed E-state index contributed by atoms with van der Waals surface area (Å²) in [5.74, 6) is -0.413. The standard InChI is InChI=1S/C30H23BrN2O3/c31-27-17-8-7-16-25(27)29(35)36-24-15-9-10-21(18-24)20-32-33-28(34)26-19-30(26,22-11-3-1-4-12-22)23-13-5-2-6-14-23/h1-18,20,26H,19H2,(H,33,34)/b32-20-/t26-/m0/s1. The Morgan fingerprint density at radius 2 is 1.50 bits per heavy atom. The molecular formula is C30H23BrN2O3. The first-order valence-corrected chi connectivity index (χ1v) is 12.4. The first-order chi connectivity index (χ1) is 17.6. The van der Waals surface area contributed by atoms with Crippen molar-refractivity contribution in [2.75, 3.05) is 0 Å². The van der Waals surface area contributed by atoms with E-state index in [1.165, 1.54) is 0 Å². The fourth-order valence-electron chi connectivity index (χ4n) is 4.55. The second-order valence-electron chi connectivity index (χ2n) is 8.64. The fourth-order valence-corrected chi connectivity index (χ4v) is 5.00. The zero-order valence-electron chi connectivity index (χ0n) is 19.3. The number of carbonyl (C=O) groups is 2. The third kappa shape index (κ3) is 4.86. The summed E-state index contributed by atoms with van der Waals surface area (Å²) in [4.78, 5) is 25.5. The summed E-state index contributed by atoms with van der Waals surface area (Å²) >= 11 is 3.36. The number of nitrogens with zero attached hydrogens (tertiary/aromatic N) is 1.